The van der Waals surface area contributed by atoms with Crippen molar-refractivity contribution < 1.29 is 4.74 Å². The number of hydrogen-bond donors (Lipinski definition) is 2. The van der Waals surface area contributed by atoms with Crippen molar-refractivity contribution in [3.63, 3.8) is 0 Å². The van der Waals surface area contributed by atoms with Crippen LogP contribution >= 0.6 is 0 Å². The fourth-order valence-corrected chi connectivity index (χ4v) is 3.04. The predicted molar refractivity (Wildman–Crippen MR) is 70.4 cm³/mol. The van der Waals surface area contributed by atoms with Crippen molar-refractivity contribution >= 4 is 11.4 Å². The number of nitrogens with one attached hydrogen (secondary N) is 1. The Bertz CT molecular complexity index is 411. The van der Waals surface area contributed by atoms with Gasteiger partial charge in [0.15, 0.2) is 0 Å². The molecular weight excluding hydrogens is 212 g/mol. The van der Waals surface area contributed by atoms with Gasteiger partial charge in [-0.25, -0.2) is 0 Å². The van der Waals surface area contributed by atoms with Crippen LogP contribution in [0.5, 0.6) is 5.75 Å². The van der Waals surface area contributed by atoms with Crippen LogP contribution in [-0.4, -0.2) is 13.2 Å². The molecule has 3 N–H and O–H groups in total. The lowest BCUT2D eigenvalue weighted by atomic mass is 9.74. The summed E-state index contributed by atoms with van der Waals surface area (Å²) in [5, 5.41) is 3.50. The van der Waals surface area contributed by atoms with Gasteiger partial charge in [-0.3, -0.25) is 0 Å². The van der Waals surface area contributed by atoms with Gasteiger partial charge in [0.05, 0.1) is 12.3 Å². The van der Waals surface area contributed by atoms with Crippen molar-refractivity contribution in [3.8, 4) is 5.75 Å². The number of hydrogen-bond acceptors (Lipinski definition) is 3. The summed E-state index contributed by atoms with van der Waals surface area (Å²) >= 11 is 0. The molecule has 3 nitrogen and oxygen atoms in total. The standard InChI is InChI=1S/C14H20N2O/c15-11-5-4-6-12-13(11)16-9-14(10-17-12)7-2-1-3-8-14/h4-6,16H,1-3,7-10,15H2. The molecule has 0 saturated heterocycles. The molecule has 0 bridgehead atoms. The van der Waals surface area contributed by atoms with E-state index >= 15 is 0 Å². The van der Waals surface area contributed by atoms with E-state index in [4.69, 9.17) is 10.5 Å². The molecule has 1 heterocycles. The minimum atomic E-state index is 0.323. The van der Waals surface area contributed by atoms with Crippen molar-refractivity contribution in [2.75, 3.05) is 24.2 Å². The summed E-state index contributed by atoms with van der Waals surface area (Å²) in [4.78, 5) is 0. The highest BCUT2D eigenvalue weighted by atomic mass is 16.5. The molecule has 2 aliphatic rings. The molecule has 0 amide bonds. The van der Waals surface area contributed by atoms with Crippen LogP contribution in [0.3, 0.4) is 0 Å². The zero-order valence-corrected chi connectivity index (χ0v) is 10.2. The summed E-state index contributed by atoms with van der Waals surface area (Å²) in [6.45, 7) is 1.82. The van der Waals surface area contributed by atoms with Gasteiger partial charge in [0.25, 0.3) is 0 Å². The number of anilines is 2. The molecule has 3 heteroatoms. The molecular formula is C14H20N2O. The largest absolute Gasteiger partial charge is 0.491 e. The van der Waals surface area contributed by atoms with E-state index < -0.39 is 0 Å². The Hall–Kier alpha value is -1.38. The van der Waals surface area contributed by atoms with Crippen LogP contribution in [0.25, 0.3) is 0 Å². The molecule has 0 aromatic heterocycles. The average molecular weight is 232 g/mol. The molecule has 1 spiro atoms. The summed E-state index contributed by atoms with van der Waals surface area (Å²) in [6.07, 6.45) is 6.58. The number of fused-ring (bicyclic) bond motifs is 1. The third kappa shape index (κ3) is 1.94. The maximum absolute atomic E-state index is 5.99. The van der Waals surface area contributed by atoms with E-state index in [2.05, 4.69) is 5.32 Å². The molecule has 92 valence electrons. The van der Waals surface area contributed by atoms with Crippen molar-refractivity contribution in [3.05, 3.63) is 18.2 Å². The van der Waals surface area contributed by atoms with E-state index in [0.717, 1.165) is 30.3 Å². The summed E-state index contributed by atoms with van der Waals surface area (Å²) in [7, 11) is 0. The first-order chi connectivity index (χ1) is 8.29. The Kier molecular flexibility index (Phi) is 2.61. The molecule has 1 fully saturated rings. The predicted octanol–water partition coefficient (Wildman–Crippen LogP) is 3.02. The number of para-hydroxylation sites is 1. The first-order valence-electron chi connectivity index (χ1n) is 6.54. The van der Waals surface area contributed by atoms with E-state index in [1.165, 1.54) is 32.1 Å². The molecule has 1 aliphatic heterocycles. The monoisotopic (exact) mass is 232 g/mol. The van der Waals surface area contributed by atoms with Gasteiger partial charge in [0.2, 0.25) is 0 Å². The molecule has 17 heavy (non-hydrogen) atoms. The Morgan fingerprint density at radius 3 is 2.82 bits per heavy atom. The average Bonchev–Trinajstić information content (AvgIpc) is 2.53. The number of nitrogens with two attached hydrogens (primary N) is 1. The van der Waals surface area contributed by atoms with Crippen molar-refractivity contribution in [2.45, 2.75) is 32.1 Å². The van der Waals surface area contributed by atoms with Gasteiger partial charge in [-0.05, 0) is 25.0 Å². The third-order valence-electron chi connectivity index (χ3n) is 4.15. The molecule has 1 aliphatic carbocycles. The number of ether oxygens (including phenoxy) is 1. The molecule has 1 aromatic rings. The van der Waals surface area contributed by atoms with Gasteiger partial charge in [0.1, 0.15) is 11.4 Å². The number of benzene rings is 1. The minimum absolute atomic E-state index is 0.323. The fourth-order valence-electron chi connectivity index (χ4n) is 3.04. The van der Waals surface area contributed by atoms with Gasteiger partial charge < -0.3 is 15.8 Å². The second-order valence-electron chi connectivity index (χ2n) is 5.42. The lowest BCUT2D eigenvalue weighted by Crippen LogP contribution is -2.36. The first-order valence-corrected chi connectivity index (χ1v) is 6.54. The zero-order chi connectivity index (χ0) is 11.7. The molecule has 0 radical (unpaired) electrons. The van der Waals surface area contributed by atoms with Gasteiger partial charge in [-0.1, -0.05) is 25.3 Å². The van der Waals surface area contributed by atoms with Gasteiger partial charge in [0, 0.05) is 12.0 Å². The van der Waals surface area contributed by atoms with E-state index in [1.54, 1.807) is 0 Å². The maximum atomic E-state index is 5.99. The van der Waals surface area contributed by atoms with Crippen LogP contribution < -0.4 is 15.8 Å². The number of nitrogen functional groups attached to an aromatic ring is 1. The third-order valence-corrected chi connectivity index (χ3v) is 4.15. The topological polar surface area (TPSA) is 47.3 Å². The molecule has 0 atom stereocenters. The Balaban J connectivity index is 1.85. The second-order valence-corrected chi connectivity index (χ2v) is 5.42. The Labute approximate surface area is 102 Å². The van der Waals surface area contributed by atoms with Crippen molar-refractivity contribution in [1.29, 1.82) is 0 Å². The normalized spacial score (nSPS) is 22.1. The summed E-state index contributed by atoms with van der Waals surface area (Å²) in [6, 6.07) is 5.88. The van der Waals surface area contributed by atoms with Crippen LogP contribution in [0.2, 0.25) is 0 Å². The van der Waals surface area contributed by atoms with Crippen LogP contribution in [0.15, 0.2) is 18.2 Å². The highest BCUT2D eigenvalue weighted by molar-refractivity contribution is 5.73. The zero-order valence-electron chi connectivity index (χ0n) is 10.2. The highest BCUT2D eigenvalue weighted by Crippen LogP contribution is 2.42. The highest BCUT2D eigenvalue weighted by Gasteiger charge is 2.35. The Morgan fingerprint density at radius 1 is 1.18 bits per heavy atom. The Morgan fingerprint density at radius 2 is 2.00 bits per heavy atom. The minimum Gasteiger partial charge on any atom is -0.491 e. The van der Waals surface area contributed by atoms with E-state index in [-0.39, 0.29) is 0 Å². The van der Waals surface area contributed by atoms with Gasteiger partial charge in [-0.2, -0.15) is 0 Å². The van der Waals surface area contributed by atoms with Crippen molar-refractivity contribution in [1.82, 2.24) is 0 Å². The first kappa shape index (κ1) is 10.8. The van der Waals surface area contributed by atoms with E-state index in [1.807, 2.05) is 18.2 Å². The van der Waals surface area contributed by atoms with Crippen LogP contribution in [-0.2, 0) is 0 Å². The molecule has 1 aromatic carbocycles. The van der Waals surface area contributed by atoms with Crippen LogP contribution in [0.4, 0.5) is 11.4 Å². The quantitative estimate of drug-likeness (QED) is 0.676. The molecule has 0 unspecified atom stereocenters. The molecule has 1 saturated carbocycles. The smallest absolute Gasteiger partial charge is 0.144 e. The van der Waals surface area contributed by atoms with Gasteiger partial charge >= 0.3 is 0 Å². The maximum Gasteiger partial charge on any atom is 0.144 e. The van der Waals surface area contributed by atoms with Gasteiger partial charge in [-0.15, -0.1) is 0 Å². The van der Waals surface area contributed by atoms with Crippen LogP contribution in [0, 0.1) is 5.41 Å². The summed E-state index contributed by atoms with van der Waals surface area (Å²) in [5.41, 5.74) is 8.08. The lowest BCUT2D eigenvalue weighted by molar-refractivity contribution is 0.115. The lowest BCUT2D eigenvalue weighted by Gasteiger charge is -2.35. The SMILES string of the molecule is Nc1cccc2c1NCC1(CCCCC1)CO2. The van der Waals surface area contributed by atoms with Crippen molar-refractivity contribution in [2.24, 2.45) is 5.41 Å². The van der Waals surface area contributed by atoms with E-state index in [9.17, 15) is 0 Å². The summed E-state index contributed by atoms with van der Waals surface area (Å²) in [5.74, 6) is 0.910. The molecule has 3 rings (SSSR count). The fraction of sp³-hybridized carbons (Fsp3) is 0.571. The number of rotatable bonds is 0. The van der Waals surface area contributed by atoms with E-state index in [0.29, 0.717) is 5.41 Å². The summed E-state index contributed by atoms with van der Waals surface area (Å²) < 4.78 is 5.98. The van der Waals surface area contributed by atoms with Crippen LogP contribution in [0.1, 0.15) is 32.1 Å². The second kappa shape index (κ2) is 4.13.